The molecule has 3 heteroatoms. The zero-order valence-electron chi connectivity index (χ0n) is 11.3. The van der Waals surface area contributed by atoms with Crippen LogP contribution < -0.4 is 0 Å². The third-order valence-corrected chi connectivity index (χ3v) is 1.79. The Labute approximate surface area is 94.0 Å². The third-order valence-electron chi connectivity index (χ3n) is 1.79. The fraction of sp³-hybridized carbons (Fsp3) is 0.917. The van der Waals surface area contributed by atoms with Gasteiger partial charge in [-0.2, -0.15) is 0 Å². The van der Waals surface area contributed by atoms with Gasteiger partial charge in [-0.25, -0.2) is 0 Å². The van der Waals surface area contributed by atoms with Crippen LogP contribution in [0.25, 0.3) is 0 Å². The molecule has 0 aromatic heterocycles. The van der Waals surface area contributed by atoms with Crippen LogP contribution in [0.3, 0.4) is 0 Å². The van der Waals surface area contributed by atoms with Gasteiger partial charge in [-0.1, -0.05) is 0 Å². The quantitative estimate of drug-likeness (QED) is 0.656. The van der Waals surface area contributed by atoms with Crippen molar-refractivity contribution >= 4 is 5.78 Å². The summed E-state index contributed by atoms with van der Waals surface area (Å²) in [5, 5.41) is 0. The number of rotatable bonds is 5. The van der Waals surface area contributed by atoms with Crippen LogP contribution in [-0.2, 0) is 9.53 Å². The van der Waals surface area contributed by atoms with Crippen LogP contribution in [-0.4, -0.2) is 49.7 Å². The molecule has 0 aliphatic rings. The molecule has 0 fully saturated rings. The summed E-state index contributed by atoms with van der Waals surface area (Å²) >= 11 is 0. The van der Waals surface area contributed by atoms with Crippen LogP contribution in [0.15, 0.2) is 0 Å². The summed E-state index contributed by atoms with van der Waals surface area (Å²) in [6.45, 7) is 8.55. The molecule has 0 aliphatic carbocycles. The lowest BCUT2D eigenvalue weighted by atomic mass is 10.1. The molecule has 0 saturated carbocycles. The van der Waals surface area contributed by atoms with Crippen molar-refractivity contribution in [2.75, 3.05) is 27.7 Å². The van der Waals surface area contributed by atoms with E-state index in [-0.39, 0.29) is 17.5 Å². The fourth-order valence-corrected chi connectivity index (χ4v) is 1.58. The molecule has 0 aliphatic heterocycles. The van der Waals surface area contributed by atoms with Gasteiger partial charge in [0.1, 0.15) is 18.4 Å². The minimum absolute atomic E-state index is 0.0162. The first kappa shape index (κ1) is 14.6. The summed E-state index contributed by atoms with van der Waals surface area (Å²) in [6.07, 6.45) is 0.523. The Morgan fingerprint density at radius 1 is 1.27 bits per heavy atom. The van der Waals surface area contributed by atoms with Crippen molar-refractivity contribution in [3.8, 4) is 0 Å². The molecule has 0 bridgehead atoms. The lowest BCUT2D eigenvalue weighted by Crippen LogP contribution is -2.45. The lowest BCUT2D eigenvalue weighted by molar-refractivity contribution is -0.873. The van der Waals surface area contributed by atoms with Crippen LogP contribution >= 0.6 is 0 Å². The highest BCUT2D eigenvalue weighted by Crippen LogP contribution is 2.15. The third kappa shape index (κ3) is 9.88. The largest absolute Gasteiger partial charge is 0.366 e. The SMILES string of the molecule is CC(=O)C[C@@H](C[N+](C)(C)C)OC(C)(C)C. The molecule has 0 heterocycles. The van der Waals surface area contributed by atoms with E-state index in [0.29, 0.717) is 6.42 Å². The van der Waals surface area contributed by atoms with E-state index in [4.69, 9.17) is 4.74 Å². The number of ketones is 1. The first-order valence-electron chi connectivity index (χ1n) is 5.47. The van der Waals surface area contributed by atoms with E-state index >= 15 is 0 Å². The van der Waals surface area contributed by atoms with Gasteiger partial charge in [-0.3, -0.25) is 4.79 Å². The highest BCUT2D eigenvalue weighted by Gasteiger charge is 2.25. The molecule has 1 atom stereocenters. The zero-order chi connectivity index (χ0) is 12.3. The minimum atomic E-state index is -0.185. The van der Waals surface area contributed by atoms with Crippen LogP contribution in [0.1, 0.15) is 34.1 Å². The molecule has 15 heavy (non-hydrogen) atoms. The average Bonchev–Trinajstić information content (AvgIpc) is 1.73. The van der Waals surface area contributed by atoms with E-state index in [0.717, 1.165) is 11.0 Å². The highest BCUT2D eigenvalue weighted by atomic mass is 16.5. The van der Waals surface area contributed by atoms with Gasteiger partial charge in [-0.05, 0) is 27.7 Å². The van der Waals surface area contributed by atoms with Gasteiger partial charge in [0, 0.05) is 6.42 Å². The second-order valence-electron chi connectivity index (χ2n) is 6.23. The topological polar surface area (TPSA) is 26.3 Å². The second-order valence-corrected chi connectivity index (χ2v) is 6.23. The maximum absolute atomic E-state index is 11.1. The fourth-order valence-electron chi connectivity index (χ4n) is 1.58. The number of ether oxygens (including phenoxy) is 1. The Balaban J connectivity index is 4.39. The van der Waals surface area contributed by atoms with Crippen LogP contribution in [0.2, 0.25) is 0 Å². The summed E-state index contributed by atoms with van der Waals surface area (Å²) in [6, 6.07) is 0. The summed E-state index contributed by atoms with van der Waals surface area (Å²) in [4.78, 5) is 11.1. The number of carbonyl (C=O) groups is 1. The Morgan fingerprint density at radius 2 is 1.73 bits per heavy atom. The van der Waals surface area contributed by atoms with Crippen molar-refractivity contribution in [1.82, 2.24) is 0 Å². The summed E-state index contributed by atoms with van der Waals surface area (Å²) in [5.74, 6) is 0.192. The monoisotopic (exact) mass is 216 g/mol. The Bertz CT molecular complexity index is 195. The Kier molecular flexibility index (Phi) is 4.94. The number of quaternary nitrogens is 1. The maximum atomic E-state index is 11.1. The second kappa shape index (κ2) is 5.08. The molecule has 0 rings (SSSR count). The smallest absolute Gasteiger partial charge is 0.132 e. The number of hydrogen-bond acceptors (Lipinski definition) is 2. The van der Waals surface area contributed by atoms with Crippen molar-refractivity contribution in [3.05, 3.63) is 0 Å². The van der Waals surface area contributed by atoms with Crippen LogP contribution in [0, 0.1) is 0 Å². The molecule has 0 spiro atoms. The van der Waals surface area contributed by atoms with Gasteiger partial charge in [-0.15, -0.1) is 0 Å². The normalized spacial score (nSPS) is 15.1. The molecular formula is C12H26NO2+. The van der Waals surface area contributed by atoms with E-state index in [9.17, 15) is 4.79 Å². The predicted octanol–water partition coefficient (Wildman–Crippen LogP) is 1.86. The van der Waals surface area contributed by atoms with Crippen LogP contribution in [0.4, 0.5) is 0 Å². The van der Waals surface area contributed by atoms with Crippen molar-refractivity contribution in [3.63, 3.8) is 0 Å². The van der Waals surface area contributed by atoms with Gasteiger partial charge < -0.3 is 9.22 Å². The van der Waals surface area contributed by atoms with Crippen molar-refractivity contribution in [1.29, 1.82) is 0 Å². The van der Waals surface area contributed by atoms with Gasteiger partial charge in [0.05, 0.1) is 26.7 Å². The molecule has 0 unspecified atom stereocenters. The van der Waals surface area contributed by atoms with Crippen molar-refractivity contribution < 1.29 is 14.0 Å². The van der Waals surface area contributed by atoms with E-state index in [1.54, 1.807) is 6.92 Å². The van der Waals surface area contributed by atoms with E-state index in [1.165, 1.54) is 0 Å². The predicted molar refractivity (Wildman–Crippen MR) is 62.8 cm³/mol. The van der Waals surface area contributed by atoms with Gasteiger partial charge >= 0.3 is 0 Å². The number of Topliss-reactive ketones (excluding diaryl/α,β-unsaturated/α-hetero) is 1. The zero-order valence-corrected chi connectivity index (χ0v) is 11.3. The Morgan fingerprint density at radius 3 is 2.00 bits per heavy atom. The summed E-state index contributed by atoms with van der Waals surface area (Å²) in [7, 11) is 6.33. The molecule has 0 N–H and O–H groups in total. The molecule has 0 saturated heterocycles. The van der Waals surface area contributed by atoms with E-state index in [2.05, 4.69) is 21.1 Å². The molecule has 0 radical (unpaired) electrons. The first-order valence-corrected chi connectivity index (χ1v) is 5.47. The standard InChI is InChI=1S/C12H26NO2/c1-10(14)8-11(9-13(5,6)7)15-12(2,3)4/h11H,8-9H2,1-7H3/q+1/t11-/m0/s1. The molecule has 0 amide bonds. The van der Waals surface area contributed by atoms with Gasteiger partial charge in [0.15, 0.2) is 0 Å². The van der Waals surface area contributed by atoms with Crippen LogP contribution in [0.5, 0.6) is 0 Å². The van der Waals surface area contributed by atoms with Crippen molar-refractivity contribution in [2.45, 2.75) is 45.8 Å². The summed E-state index contributed by atoms with van der Waals surface area (Å²) in [5.41, 5.74) is -0.185. The molecule has 90 valence electrons. The number of nitrogens with zero attached hydrogens (tertiary/aromatic N) is 1. The molecule has 3 nitrogen and oxygen atoms in total. The minimum Gasteiger partial charge on any atom is -0.366 e. The van der Waals surface area contributed by atoms with E-state index < -0.39 is 0 Å². The number of hydrogen-bond donors (Lipinski definition) is 0. The van der Waals surface area contributed by atoms with Gasteiger partial charge in [0.25, 0.3) is 0 Å². The molecule has 0 aromatic rings. The van der Waals surface area contributed by atoms with Crippen molar-refractivity contribution in [2.24, 2.45) is 0 Å². The molecular weight excluding hydrogens is 190 g/mol. The van der Waals surface area contributed by atoms with Gasteiger partial charge in [0.2, 0.25) is 0 Å². The van der Waals surface area contributed by atoms with E-state index in [1.807, 2.05) is 20.8 Å². The molecule has 0 aromatic carbocycles. The highest BCUT2D eigenvalue weighted by molar-refractivity contribution is 5.75. The number of likely N-dealkylation sites (N-methyl/N-ethyl adjacent to an activating group) is 1. The summed E-state index contributed by atoms with van der Waals surface area (Å²) < 4.78 is 6.70. The first-order chi connectivity index (χ1) is 6.49. The number of carbonyl (C=O) groups excluding carboxylic acids is 1. The average molecular weight is 216 g/mol. The Hall–Kier alpha value is -0.410. The maximum Gasteiger partial charge on any atom is 0.132 e. The lowest BCUT2D eigenvalue weighted by Gasteiger charge is -2.32.